The molecule has 1 N–H and O–H groups in total. The third kappa shape index (κ3) is 3.38. The molecule has 0 aliphatic rings. The molecule has 1 atom stereocenters. The first kappa shape index (κ1) is 13.7. The van der Waals surface area contributed by atoms with Crippen molar-refractivity contribution in [1.82, 2.24) is 0 Å². The van der Waals surface area contributed by atoms with Crippen LogP contribution in [0.5, 0.6) is 0 Å². The molecule has 0 aliphatic carbocycles. The smallest absolute Gasteiger partial charge is 0.126 e. The maximum absolute atomic E-state index is 13.1. The van der Waals surface area contributed by atoms with Crippen LogP contribution in [0.3, 0.4) is 0 Å². The van der Waals surface area contributed by atoms with Crippen LogP contribution in [0, 0.1) is 25.5 Å². The number of aliphatic hydroxyl groups is 1. The van der Waals surface area contributed by atoms with Gasteiger partial charge in [-0.05, 0) is 48.2 Å². The van der Waals surface area contributed by atoms with E-state index in [1.54, 1.807) is 0 Å². The fourth-order valence-electron chi connectivity index (χ4n) is 2.04. The van der Waals surface area contributed by atoms with Crippen molar-refractivity contribution in [3.05, 3.63) is 70.3 Å². The zero-order chi connectivity index (χ0) is 14.0. The Morgan fingerprint density at radius 1 is 0.947 bits per heavy atom. The van der Waals surface area contributed by atoms with Crippen LogP contribution in [0.15, 0.2) is 36.4 Å². The molecule has 1 unspecified atom stereocenters. The Labute approximate surface area is 111 Å². The summed E-state index contributed by atoms with van der Waals surface area (Å²) in [4.78, 5) is 0. The molecule has 0 saturated carbocycles. The van der Waals surface area contributed by atoms with Gasteiger partial charge in [0.25, 0.3) is 0 Å². The Morgan fingerprint density at radius 2 is 1.58 bits per heavy atom. The fraction of sp³-hybridized carbons (Fsp3) is 0.250. The third-order valence-electron chi connectivity index (χ3n) is 3.27. The molecule has 0 saturated heterocycles. The quantitative estimate of drug-likeness (QED) is 0.890. The molecule has 0 fully saturated rings. The van der Waals surface area contributed by atoms with Gasteiger partial charge in [0.05, 0.1) is 6.10 Å². The van der Waals surface area contributed by atoms with E-state index >= 15 is 0 Å². The second-order valence-electron chi connectivity index (χ2n) is 4.84. The maximum atomic E-state index is 13.1. The predicted molar refractivity (Wildman–Crippen MR) is 70.9 cm³/mol. The molecule has 0 heterocycles. The monoisotopic (exact) mass is 262 g/mol. The zero-order valence-electron chi connectivity index (χ0n) is 11.0. The lowest BCUT2D eigenvalue weighted by Crippen LogP contribution is -2.03. The number of aryl methyl sites for hydroxylation is 2. The van der Waals surface area contributed by atoms with Gasteiger partial charge in [-0.15, -0.1) is 0 Å². The Kier molecular flexibility index (Phi) is 3.96. The second-order valence-corrected chi connectivity index (χ2v) is 4.84. The van der Waals surface area contributed by atoms with E-state index in [9.17, 15) is 13.9 Å². The third-order valence-corrected chi connectivity index (χ3v) is 3.27. The van der Waals surface area contributed by atoms with Crippen molar-refractivity contribution in [2.75, 3.05) is 0 Å². The summed E-state index contributed by atoms with van der Waals surface area (Å²) in [6, 6.07) is 8.98. The van der Waals surface area contributed by atoms with Gasteiger partial charge in [0.2, 0.25) is 0 Å². The van der Waals surface area contributed by atoms with E-state index in [4.69, 9.17) is 0 Å². The van der Waals surface area contributed by atoms with Gasteiger partial charge in [-0.2, -0.15) is 0 Å². The van der Waals surface area contributed by atoms with Crippen LogP contribution in [-0.2, 0) is 6.42 Å². The Bertz CT molecular complexity index is 573. The molecule has 1 nitrogen and oxygen atoms in total. The minimum absolute atomic E-state index is 0.192. The lowest BCUT2D eigenvalue weighted by molar-refractivity contribution is 0.178. The highest BCUT2D eigenvalue weighted by atomic mass is 19.1. The average Bonchev–Trinajstić information content (AvgIpc) is 2.31. The standard InChI is InChI=1S/C16H16F2O/c1-10-3-4-13(5-11(10)2)16(19)8-12-6-14(17)9-15(18)7-12/h3-7,9,16,19H,8H2,1-2H3. The number of hydrogen-bond acceptors (Lipinski definition) is 1. The van der Waals surface area contributed by atoms with Crippen LogP contribution in [0.25, 0.3) is 0 Å². The molecule has 0 aliphatic heterocycles. The Balaban J connectivity index is 2.20. The van der Waals surface area contributed by atoms with Crippen LogP contribution in [0.4, 0.5) is 8.78 Å². The molecule has 0 spiro atoms. The first-order chi connectivity index (χ1) is 8.95. The van der Waals surface area contributed by atoms with E-state index in [-0.39, 0.29) is 6.42 Å². The molecule has 19 heavy (non-hydrogen) atoms. The van der Waals surface area contributed by atoms with Crippen molar-refractivity contribution in [2.24, 2.45) is 0 Å². The molecule has 0 aromatic heterocycles. The van der Waals surface area contributed by atoms with Crippen LogP contribution in [0.1, 0.15) is 28.4 Å². The lowest BCUT2D eigenvalue weighted by atomic mass is 9.98. The lowest BCUT2D eigenvalue weighted by Gasteiger charge is -2.13. The number of aliphatic hydroxyl groups excluding tert-OH is 1. The van der Waals surface area contributed by atoms with Crippen LogP contribution in [0.2, 0.25) is 0 Å². The summed E-state index contributed by atoms with van der Waals surface area (Å²) in [6.45, 7) is 3.96. The predicted octanol–water partition coefficient (Wildman–Crippen LogP) is 3.86. The van der Waals surface area contributed by atoms with E-state index in [0.29, 0.717) is 5.56 Å². The minimum atomic E-state index is -0.763. The van der Waals surface area contributed by atoms with Gasteiger partial charge in [0.15, 0.2) is 0 Å². The normalized spacial score (nSPS) is 12.5. The summed E-state index contributed by atoms with van der Waals surface area (Å²) < 4.78 is 26.2. The molecular weight excluding hydrogens is 246 g/mol. The van der Waals surface area contributed by atoms with E-state index in [0.717, 1.165) is 22.8 Å². The van der Waals surface area contributed by atoms with Crippen LogP contribution in [-0.4, -0.2) is 5.11 Å². The highest BCUT2D eigenvalue weighted by Gasteiger charge is 2.11. The molecular formula is C16H16F2O. The molecule has 2 aromatic carbocycles. The van der Waals surface area contributed by atoms with Crippen molar-refractivity contribution < 1.29 is 13.9 Å². The molecule has 100 valence electrons. The summed E-state index contributed by atoms with van der Waals surface area (Å²) in [5.41, 5.74) is 3.44. The van der Waals surface area contributed by atoms with Crippen molar-refractivity contribution >= 4 is 0 Å². The molecule has 0 bridgehead atoms. The second kappa shape index (κ2) is 5.49. The average molecular weight is 262 g/mol. The van der Waals surface area contributed by atoms with Gasteiger partial charge in [-0.1, -0.05) is 18.2 Å². The van der Waals surface area contributed by atoms with Gasteiger partial charge in [0, 0.05) is 12.5 Å². The largest absolute Gasteiger partial charge is 0.388 e. The van der Waals surface area contributed by atoms with Crippen LogP contribution >= 0.6 is 0 Å². The van der Waals surface area contributed by atoms with E-state index in [1.807, 2.05) is 32.0 Å². The van der Waals surface area contributed by atoms with Crippen LogP contribution < -0.4 is 0 Å². The summed E-state index contributed by atoms with van der Waals surface area (Å²) in [6.07, 6.45) is -0.572. The van der Waals surface area contributed by atoms with Crippen molar-refractivity contribution in [3.8, 4) is 0 Å². The first-order valence-corrected chi connectivity index (χ1v) is 6.16. The molecule has 0 radical (unpaired) electrons. The van der Waals surface area contributed by atoms with Crippen molar-refractivity contribution in [2.45, 2.75) is 26.4 Å². The van der Waals surface area contributed by atoms with Gasteiger partial charge in [-0.3, -0.25) is 0 Å². The van der Waals surface area contributed by atoms with E-state index in [2.05, 4.69) is 0 Å². The fourth-order valence-corrected chi connectivity index (χ4v) is 2.04. The topological polar surface area (TPSA) is 20.2 Å². The van der Waals surface area contributed by atoms with E-state index < -0.39 is 17.7 Å². The minimum Gasteiger partial charge on any atom is -0.388 e. The number of benzene rings is 2. The molecule has 2 aromatic rings. The summed E-state index contributed by atoms with van der Waals surface area (Å²) in [5.74, 6) is -1.25. The maximum Gasteiger partial charge on any atom is 0.126 e. The molecule has 2 rings (SSSR count). The number of halogens is 2. The summed E-state index contributed by atoms with van der Waals surface area (Å²) in [5, 5.41) is 10.1. The SMILES string of the molecule is Cc1ccc(C(O)Cc2cc(F)cc(F)c2)cc1C. The summed E-state index contributed by atoms with van der Waals surface area (Å²) >= 11 is 0. The van der Waals surface area contributed by atoms with E-state index in [1.165, 1.54) is 12.1 Å². The highest BCUT2D eigenvalue weighted by Crippen LogP contribution is 2.21. The highest BCUT2D eigenvalue weighted by molar-refractivity contribution is 5.32. The molecule has 0 amide bonds. The van der Waals surface area contributed by atoms with Crippen molar-refractivity contribution in [3.63, 3.8) is 0 Å². The molecule has 3 heteroatoms. The van der Waals surface area contributed by atoms with Gasteiger partial charge in [-0.25, -0.2) is 8.78 Å². The summed E-state index contributed by atoms with van der Waals surface area (Å²) in [7, 11) is 0. The number of hydrogen-bond donors (Lipinski definition) is 1. The number of rotatable bonds is 3. The zero-order valence-corrected chi connectivity index (χ0v) is 11.0. The van der Waals surface area contributed by atoms with Crippen molar-refractivity contribution in [1.29, 1.82) is 0 Å². The van der Waals surface area contributed by atoms with Gasteiger partial charge < -0.3 is 5.11 Å². The first-order valence-electron chi connectivity index (χ1n) is 6.16. The van der Waals surface area contributed by atoms with Gasteiger partial charge in [0.1, 0.15) is 11.6 Å². The Hall–Kier alpha value is -1.74. The Morgan fingerprint density at radius 3 is 2.16 bits per heavy atom. The van der Waals surface area contributed by atoms with Gasteiger partial charge >= 0.3 is 0 Å².